The SMILES string of the molecule is Nc1ncc(Br)c(N2CCN(CC(=O)Nc3cccnc3)CC2)c1[N+](=O)[O-]. The summed E-state index contributed by atoms with van der Waals surface area (Å²) in [5.74, 6) is -0.242. The van der Waals surface area contributed by atoms with Gasteiger partial charge in [0.1, 0.15) is 5.69 Å². The van der Waals surface area contributed by atoms with E-state index < -0.39 is 4.92 Å². The van der Waals surface area contributed by atoms with Crippen LogP contribution in [0.15, 0.2) is 35.2 Å². The molecular formula is C16H18BrN7O3. The molecule has 0 aliphatic carbocycles. The van der Waals surface area contributed by atoms with Gasteiger partial charge in [0.25, 0.3) is 0 Å². The molecule has 0 saturated carbocycles. The zero-order valence-corrected chi connectivity index (χ0v) is 15.9. The molecule has 1 aliphatic rings. The first-order chi connectivity index (χ1) is 13.0. The number of hydrogen-bond donors (Lipinski definition) is 2. The summed E-state index contributed by atoms with van der Waals surface area (Å²) in [4.78, 5) is 34.7. The van der Waals surface area contributed by atoms with Crippen LogP contribution in [-0.4, -0.2) is 58.4 Å². The number of nitro groups is 1. The minimum atomic E-state index is -0.518. The standard InChI is InChI=1S/C16H18BrN7O3/c17-12-9-20-16(18)15(24(26)27)14(12)23-6-4-22(5-7-23)10-13(25)21-11-2-1-3-19-8-11/h1-3,8-9H,4-7,10H2,(H2,18,20)(H,21,25). The Morgan fingerprint density at radius 2 is 2.07 bits per heavy atom. The first-order valence-corrected chi connectivity index (χ1v) is 9.00. The molecule has 1 fully saturated rings. The quantitative estimate of drug-likeness (QED) is 0.533. The van der Waals surface area contributed by atoms with E-state index in [9.17, 15) is 14.9 Å². The Labute approximate surface area is 163 Å². The number of nitrogens with zero attached hydrogens (tertiary/aromatic N) is 5. The Hall–Kier alpha value is -2.79. The van der Waals surface area contributed by atoms with Crippen LogP contribution in [0.5, 0.6) is 0 Å². The summed E-state index contributed by atoms with van der Waals surface area (Å²) in [5.41, 5.74) is 6.56. The number of nitrogen functional groups attached to an aromatic ring is 1. The monoisotopic (exact) mass is 435 g/mol. The molecule has 3 rings (SSSR count). The Balaban J connectivity index is 1.62. The van der Waals surface area contributed by atoms with Gasteiger partial charge in [0.05, 0.1) is 27.8 Å². The third kappa shape index (κ3) is 4.49. The molecule has 2 aromatic heterocycles. The van der Waals surface area contributed by atoms with E-state index in [4.69, 9.17) is 5.73 Å². The van der Waals surface area contributed by atoms with Crippen molar-refractivity contribution < 1.29 is 9.72 Å². The summed E-state index contributed by atoms with van der Waals surface area (Å²) in [7, 11) is 0. The number of carbonyl (C=O) groups is 1. The maximum Gasteiger partial charge on any atom is 0.335 e. The first kappa shape index (κ1) is 19.0. The zero-order chi connectivity index (χ0) is 19.4. The minimum Gasteiger partial charge on any atom is -0.378 e. The van der Waals surface area contributed by atoms with Crippen molar-refractivity contribution in [2.75, 3.05) is 48.7 Å². The first-order valence-electron chi connectivity index (χ1n) is 8.21. The van der Waals surface area contributed by atoms with E-state index in [1.54, 1.807) is 24.5 Å². The Morgan fingerprint density at radius 3 is 2.70 bits per heavy atom. The zero-order valence-electron chi connectivity index (χ0n) is 14.3. The predicted molar refractivity (Wildman–Crippen MR) is 105 cm³/mol. The van der Waals surface area contributed by atoms with Crippen molar-refractivity contribution in [3.8, 4) is 0 Å². The summed E-state index contributed by atoms with van der Waals surface area (Å²) in [6.07, 6.45) is 4.68. The van der Waals surface area contributed by atoms with E-state index in [2.05, 4.69) is 31.2 Å². The van der Waals surface area contributed by atoms with Crippen LogP contribution in [-0.2, 0) is 4.79 Å². The molecule has 142 valence electrons. The van der Waals surface area contributed by atoms with E-state index >= 15 is 0 Å². The molecular weight excluding hydrogens is 418 g/mol. The van der Waals surface area contributed by atoms with Crippen molar-refractivity contribution in [3.63, 3.8) is 0 Å². The second-order valence-electron chi connectivity index (χ2n) is 6.00. The molecule has 0 aromatic carbocycles. The Morgan fingerprint density at radius 1 is 1.33 bits per heavy atom. The Bertz CT molecular complexity index is 841. The fourth-order valence-electron chi connectivity index (χ4n) is 2.93. The molecule has 3 heterocycles. The number of carbonyl (C=O) groups excluding carboxylic acids is 1. The van der Waals surface area contributed by atoms with Gasteiger partial charge in [-0.15, -0.1) is 0 Å². The topological polar surface area (TPSA) is 131 Å². The highest BCUT2D eigenvalue weighted by molar-refractivity contribution is 9.10. The van der Waals surface area contributed by atoms with Crippen molar-refractivity contribution in [1.82, 2.24) is 14.9 Å². The molecule has 1 aliphatic heterocycles. The molecule has 0 spiro atoms. The molecule has 0 bridgehead atoms. The van der Waals surface area contributed by atoms with E-state index in [0.29, 0.717) is 42.0 Å². The summed E-state index contributed by atoms with van der Waals surface area (Å²) in [5, 5.41) is 14.2. The molecule has 27 heavy (non-hydrogen) atoms. The van der Waals surface area contributed by atoms with Crippen molar-refractivity contribution in [2.45, 2.75) is 0 Å². The summed E-state index contributed by atoms with van der Waals surface area (Å²) in [6.45, 7) is 2.48. The normalized spacial score (nSPS) is 14.8. The second-order valence-corrected chi connectivity index (χ2v) is 6.85. The van der Waals surface area contributed by atoms with E-state index in [-0.39, 0.29) is 24.0 Å². The fourth-order valence-corrected chi connectivity index (χ4v) is 3.47. The average Bonchev–Trinajstić information content (AvgIpc) is 2.64. The molecule has 10 nitrogen and oxygen atoms in total. The van der Waals surface area contributed by atoms with Crippen molar-refractivity contribution in [3.05, 3.63) is 45.3 Å². The lowest BCUT2D eigenvalue weighted by Gasteiger charge is -2.35. The molecule has 1 saturated heterocycles. The Kier molecular flexibility index (Phi) is 5.81. The number of piperazine rings is 1. The lowest BCUT2D eigenvalue weighted by Crippen LogP contribution is -2.49. The lowest BCUT2D eigenvalue weighted by atomic mass is 10.2. The average molecular weight is 436 g/mol. The lowest BCUT2D eigenvalue weighted by molar-refractivity contribution is -0.383. The number of amides is 1. The maximum absolute atomic E-state index is 12.2. The smallest absolute Gasteiger partial charge is 0.335 e. The van der Waals surface area contributed by atoms with Crippen LogP contribution in [0.4, 0.5) is 22.9 Å². The highest BCUT2D eigenvalue weighted by Crippen LogP contribution is 2.38. The number of nitrogens with two attached hydrogens (primary N) is 1. The number of nitrogens with one attached hydrogen (secondary N) is 1. The van der Waals surface area contributed by atoms with Gasteiger partial charge in [-0.25, -0.2) is 4.98 Å². The van der Waals surface area contributed by atoms with Gasteiger partial charge < -0.3 is 16.0 Å². The van der Waals surface area contributed by atoms with Crippen LogP contribution in [0.1, 0.15) is 0 Å². The van der Waals surface area contributed by atoms with Crippen LogP contribution < -0.4 is 16.0 Å². The molecule has 0 atom stereocenters. The molecule has 1 amide bonds. The van der Waals surface area contributed by atoms with E-state index in [0.717, 1.165) is 0 Å². The molecule has 2 aromatic rings. The second kappa shape index (κ2) is 8.27. The summed E-state index contributed by atoms with van der Waals surface area (Å²) >= 11 is 3.33. The van der Waals surface area contributed by atoms with Crippen molar-refractivity contribution in [1.29, 1.82) is 0 Å². The number of hydrogen-bond acceptors (Lipinski definition) is 8. The largest absolute Gasteiger partial charge is 0.378 e. The van der Waals surface area contributed by atoms with Crippen molar-refractivity contribution in [2.24, 2.45) is 0 Å². The number of anilines is 3. The third-order valence-electron chi connectivity index (χ3n) is 4.19. The molecule has 0 radical (unpaired) electrons. The summed E-state index contributed by atoms with van der Waals surface area (Å²) < 4.78 is 0.520. The molecule has 3 N–H and O–H groups in total. The van der Waals surface area contributed by atoms with Crippen LogP contribution in [0, 0.1) is 10.1 Å². The molecule has 0 unspecified atom stereocenters. The van der Waals surface area contributed by atoms with Crippen LogP contribution >= 0.6 is 15.9 Å². The predicted octanol–water partition coefficient (Wildman–Crippen LogP) is 1.49. The van der Waals surface area contributed by atoms with E-state index in [1.807, 2.05) is 9.80 Å². The highest BCUT2D eigenvalue weighted by atomic mass is 79.9. The third-order valence-corrected chi connectivity index (χ3v) is 4.77. The number of pyridine rings is 2. The number of rotatable bonds is 5. The number of aromatic nitrogens is 2. The van der Waals surface area contributed by atoms with E-state index in [1.165, 1.54) is 6.20 Å². The van der Waals surface area contributed by atoms with Gasteiger partial charge in [0.15, 0.2) is 0 Å². The van der Waals surface area contributed by atoms with Crippen molar-refractivity contribution >= 4 is 44.7 Å². The maximum atomic E-state index is 12.2. The van der Waals surface area contributed by atoms with Gasteiger partial charge in [0, 0.05) is 38.6 Å². The van der Waals surface area contributed by atoms with Gasteiger partial charge in [-0.2, -0.15) is 0 Å². The van der Waals surface area contributed by atoms with Gasteiger partial charge in [-0.1, -0.05) is 0 Å². The molecule has 11 heteroatoms. The number of halogens is 1. The summed E-state index contributed by atoms with van der Waals surface area (Å²) in [6, 6.07) is 3.52. The van der Waals surface area contributed by atoms with Gasteiger partial charge in [0.2, 0.25) is 11.7 Å². The fraction of sp³-hybridized carbons (Fsp3) is 0.312. The van der Waals surface area contributed by atoms with Crippen LogP contribution in [0.2, 0.25) is 0 Å². The highest BCUT2D eigenvalue weighted by Gasteiger charge is 2.29. The van der Waals surface area contributed by atoms with Gasteiger partial charge >= 0.3 is 5.69 Å². The van der Waals surface area contributed by atoms with Gasteiger partial charge in [-0.05, 0) is 28.1 Å². The minimum absolute atomic E-state index is 0.114. The van der Waals surface area contributed by atoms with Gasteiger partial charge in [-0.3, -0.25) is 24.8 Å². The van der Waals surface area contributed by atoms with Crippen LogP contribution in [0.3, 0.4) is 0 Å². The van der Waals surface area contributed by atoms with Crippen LogP contribution in [0.25, 0.3) is 0 Å².